The van der Waals surface area contributed by atoms with E-state index in [1.54, 1.807) is 9.47 Å². The van der Waals surface area contributed by atoms with Crippen molar-refractivity contribution in [3.63, 3.8) is 0 Å². The average molecular weight is 128 g/mol. The molecule has 38 valence electrons. The summed E-state index contributed by atoms with van der Waals surface area (Å²) in [6.07, 6.45) is 0.972. The van der Waals surface area contributed by atoms with Gasteiger partial charge in [0.1, 0.15) is 0 Å². The van der Waals surface area contributed by atoms with Gasteiger partial charge in [-0.25, -0.2) is 0 Å². The molecule has 5 heteroatoms. The molecule has 0 spiro atoms. The van der Waals surface area contributed by atoms with Crippen LogP contribution in [-0.2, 0) is 14.1 Å². The number of rotatable bonds is 1. The van der Waals surface area contributed by atoms with Crippen LogP contribution in [-0.4, -0.2) is 14.7 Å². The summed E-state index contributed by atoms with van der Waals surface area (Å²) >= 11 is 0. The van der Waals surface area contributed by atoms with E-state index >= 15 is 0 Å². The van der Waals surface area contributed by atoms with Crippen molar-refractivity contribution >= 4 is 19.6 Å². The molecule has 0 aromatic rings. The highest BCUT2D eigenvalue weighted by molar-refractivity contribution is 7.88. The van der Waals surface area contributed by atoms with E-state index in [1.165, 1.54) is 0 Å². The third-order valence-electron chi connectivity index (χ3n) is 0.175. The van der Waals surface area contributed by atoms with Crippen molar-refractivity contribution in [2.45, 2.75) is 0 Å². The summed E-state index contributed by atoms with van der Waals surface area (Å²) in [5, 5.41) is 0. The van der Waals surface area contributed by atoms with Crippen LogP contribution >= 0.6 is 9.47 Å². The second kappa shape index (κ2) is 1.87. The van der Waals surface area contributed by atoms with Crippen molar-refractivity contribution in [3.05, 3.63) is 0 Å². The molecule has 0 aliphatic carbocycles. The first-order valence-corrected chi connectivity index (χ1v) is 3.43. The normalized spacial score (nSPS) is 11.7. The molecule has 0 fully saturated rings. The summed E-state index contributed by atoms with van der Waals surface area (Å²) in [7, 11) is -1.56. The van der Waals surface area contributed by atoms with Crippen LogP contribution in [0.1, 0.15) is 0 Å². The molecule has 0 heterocycles. The van der Waals surface area contributed by atoms with Gasteiger partial charge in [0.2, 0.25) is 0 Å². The van der Waals surface area contributed by atoms with Gasteiger partial charge < -0.3 is 0 Å². The van der Waals surface area contributed by atoms with E-state index in [0.717, 1.165) is 6.26 Å². The lowest BCUT2D eigenvalue weighted by Crippen LogP contribution is -1.90. The maximum atomic E-state index is 9.76. The third-order valence-corrected chi connectivity index (χ3v) is 1.57. The van der Waals surface area contributed by atoms with Crippen molar-refractivity contribution in [2.24, 2.45) is 0 Å². The van der Waals surface area contributed by atoms with Gasteiger partial charge in [0.25, 0.3) is 10.1 Å². The fourth-order valence-electron chi connectivity index (χ4n) is 0. The molecule has 0 aliphatic rings. The predicted octanol–water partition coefficient (Wildman–Crippen LogP) is -0.247. The first-order valence-electron chi connectivity index (χ1n) is 1.14. The van der Waals surface area contributed by atoms with Crippen molar-refractivity contribution in [1.82, 2.24) is 0 Å². The van der Waals surface area contributed by atoms with Gasteiger partial charge in [-0.3, -0.25) is 3.97 Å². The zero-order valence-corrected chi connectivity index (χ0v) is 5.18. The predicted molar refractivity (Wildman–Crippen MR) is 25.6 cm³/mol. The lowest BCUT2D eigenvalue weighted by Gasteiger charge is -1.83. The molecule has 3 nitrogen and oxygen atoms in total. The SMILES string of the molecule is CS(=O)(=O)OP. The van der Waals surface area contributed by atoms with E-state index in [9.17, 15) is 8.42 Å². The Bertz CT molecular complexity index is 113. The van der Waals surface area contributed by atoms with Crippen LogP contribution in [0.3, 0.4) is 0 Å². The number of hydrogen-bond acceptors (Lipinski definition) is 3. The Kier molecular flexibility index (Phi) is 1.97. The molecule has 0 aromatic heterocycles. The monoisotopic (exact) mass is 128 g/mol. The van der Waals surface area contributed by atoms with E-state index in [0.29, 0.717) is 0 Å². The van der Waals surface area contributed by atoms with Crippen LogP contribution in [0.15, 0.2) is 0 Å². The third kappa shape index (κ3) is 4.34. The zero-order valence-electron chi connectivity index (χ0n) is 3.21. The van der Waals surface area contributed by atoms with Gasteiger partial charge in [-0.15, -0.1) is 0 Å². The second-order valence-electron chi connectivity index (χ2n) is 0.800. The molecule has 0 bridgehead atoms. The van der Waals surface area contributed by atoms with E-state index in [1.807, 2.05) is 0 Å². The van der Waals surface area contributed by atoms with Crippen LogP contribution in [0.2, 0.25) is 0 Å². The molecule has 0 amide bonds. The summed E-state index contributed by atoms with van der Waals surface area (Å²) < 4.78 is 23.3. The van der Waals surface area contributed by atoms with Crippen LogP contribution in [0.5, 0.6) is 0 Å². The van der Waals surface area contributed by atoms with Crippen LogP contribution in [0, 0.1) is 0 Å². The fourth-order valence-corrected chi connectivity index (χ4v) is 0. The van der Waals surface area contributed by atoms with Gasteiger partial charge in [-0.05, 0) is 0 Å². The van der Waals surface area contributed by atoms with Crippen LogP contribution in [0.4, 0.5) is 0 Å². The van der Waals surface area contributed by atoms with E-state index in [-0.39, 0.29) is 0 Å². The minimum atomic E-state index is -3.20. The zero-order chi connectivity index (χ0) is 5.21. The van der Waals surface area contributed by atoms with Gasteiger partial charge in [0, 0.05) is 9.47 Å². The van der Waals surface area contributed by atoms with E-state index in [4.69, 9.17) is 0 Å². The minimum Gasteiger partial charge on any atom is -0.255 e. The van der Waals surface area contributed by atoms with Crippen LogP contribution in [0.25, 0.3) is 0 Å². The molecule has 0 saturated heterocycles. The summed E-state index contributed by atoms with van der Waals surface area (Å²) in [6, 6.07) is 0. The molecule has 0 rings (SSSR count). The molecule has 6 heavy (non-hydrogen) atoms. The Morgan fingerprint density at radius 3 is 1.83 bits per heavy atom. The van der Waals surface area contributed by atoms with Gasteiger partial charge in [0.15, 0.2) is 0 Å². The molecule has 1 atom stereocenters. The van der Waals surface area contributed by atoms with Gasteiger partial charge >= 0.3 is 0 Å². The van der Waals surface area contributed by atoms with E-state index in [2.05, 4.69) is 3.97 Å². The molecule has 1 unspecified atom stereocenters. The van der Waals surface area contributed by atoms with Crippen molar-refractivity contribution in [2.75, 3.05) is 6.26 Å². The fraction of sp³-hybridized carbons (Fsp3) is 1.00. The van der Waals surface area contributed by atoms with Gasteiger partial charge in [-0.1, -0.05) is 0 Å². The molecule has 0 radical (unpaired) electrons. The molecule has 0 N–H and O–H groups in total. The molecule has 0 aliphatic heterocycles. The maximum absolute atomic E-state index is 9.76. The largest absolute Gasteiger partial charge is 0.266 e. The highest BCUT2D eigenvalue weighted by Gasteiger charge is 1.90. The highest BCUT2D eigenvalue weighted by atomic mass is 32.2. The smallest absolute Gasteiger partial charge is 0.255 e. The van der Waals surface area contributed by atoms with E-state index < -0.39 is 10.1 Å². The lowest BCUT2D eigenvalue weighted by molar-refractivity contribution is 0.525. The first kappa shape index (κ1) is 6.34. The topological polar surface area (TPSA) is 43.4 Å². The molecule has 0 saturated carbocycles. The Labute approximate surface area is 39.1 Å². The second-order valence-corrected chi connectivity index (χ2v) is 2.98. The lowest BCUT2D eigenvalue weighted by atomic mass is 12.0. The molecule has 0 aromatic carbocycles. The average Bonchev–Trinajstić information content (AvgIpc) is 1.35. The molecular formula is CH5O3PS. The summed E-state index contributed by atoms with van der Waals surface area (Å²) in [5.41, 5.74) is 0. The highest BCUT2D eigenvalue weighted by Crippen LogP contribution is 1.91. The molecular weight excluding hydrogens is 123 g/mol. The maximum Gasteiger partial charge on any atom is 0.266 e. The van der Waals surface area contributed by atoms with Crippen molar-refractivity contribution in [1.29, 1.82) is 0 Å². The number of hydrogen-bond donors (Lipinski definition) is 0. The standard InChI is InChI=1S/CH5O3PS/c1-6(2,3)4-5/h5H2,1H3. The Morgan fingerprint density at radius 1 is 1.67 bits per heavy atom. The Morgan fingerprint density at radius 2 is 1.83 bits per heavy atom. The van der Waals surface area contributed by atoms with Crippen molar-refractivity contribution in [3.8, 4) is 0 Å². The van der Waals surface area contributed by atoms with Gasteiger partial charge in [0.05, 0.1) is 6.26 Å². The Hall–Kier alpha value is 0.340. The summed E-state index contributed by atoms with van der Waals surface area (Å²) in [4.78, 5) is 0. The van der Waals surface area contributed by atoms with Crippen LogP contribution < -0.4 is 0 Å². The summed E-state index contributed by atoms with van der Waals surface area (Å²) in [6.45, 7) is 0. The quantitative estimate of drug-likeness (QED) is 0.457. The summed E-state index contributed by atoms with van der Waals surface area (Å²) in [5.74, 6) is 0. The first-order chi connectivity index (χ1) is 2.56. The Balaban J connectivity index is 3.85. The van der Waals surface area contributed by atoms with Gasteiger partial charge in [-0.2, -0.15) is 8.42 Å². The minimum absolute atomic E-state index is 0.972. The van der Waals surface area contributed by atoms with Crippen molar-refractivity contribution < 1.29 is 12.4 Å².